The predicted octanol–water partition coefficient (Wildman–Crippen LogP) is 2.03. The lowest BCUT2D eigenvalue weighted by atomic mass is 9.93. The highest BCUT2D eigenvalue weighted by molar-refractivity contribution is 9.09. The van der Waals surface area contributed by atoms with E-state index in [1.807, 2.05) is 17.9 Å². The molecule has 2 rings (SSSR count). The van der Waals surface area contributed by atoms with Crippen LogP contribution < -0.4 is 0 Å². The molecule has 0 bridgehead atoms. The van der Waals surface area contributed by atoms with Crippen molar-refractivity contribution in [3.63, 3.8) is 0 Å². The summed E-state index contributed by atoms with van der Waals surface area (Å²) in [5, 5.41) is 5.30. The number of nitrogens with zero attached hydrogens (tertiary/aromatic N) is 3. The van der Waals surface area contributed by atoms with E-state index in [0.717, 1.165) is 11.9 Å². The second kappa shape index (κ2) is 4.26. The van der Waals surface area contributed by atoms with E-state index in [-0.39, 0.29) is 0 Å². The zero-order chi connectivity index (χ0) is 10.9. The van der Waals surface area contributed by atoms with Crippen molar-refractivity contribution in [3.05, 3.63) is 18.0 Å². The molecule has 0 N–H and O–H groups in total. The van der Waals surface area contributed by atoms with E-state index in [1.165, 1.54) is 25.1 Å². The average molecular weight is 272 g/mol. The minimum Gasteiger partial charge on any atom is -0.298 e. The summed E-state index contributed by atoms with van der Waals surface area (Å²) in [7, 11) is 1.97. The minimum absolute atomic E-state index is 0.461. The standard InChI is InChI=1S/C11H18BrN3/c1-11(8-12)3-4-15(9-11)7-10-5-13-14(2)6-10/h5-6H,3-4,7-9H2,1-2H3. The van der Waals surface area contributed by atoms with Crippen LogP contribution in [0.1, 0.15) is 18.9 Å². The van der Waals surface area contributed by atoms with Crippen molar-refractivity contribution in [2.45, 2.75) is 19.9 Å². The van der Waals surface area contributed by atoms with Gasteiger partial charge in [0.25, 0.3) is 0 Å². The van der Waals surface area contributed by atoms with Gasteiger partial charge in [-0.3, -0.25) is 9.58 Å². The van der Waals surface area contributed by atoms with Crippen molar-refractivity contribution in [2.24, 2.45) is 12.5 Å². The summed E-state index contributed by atoms with van der Waals surface area (Å²) < 4.78 is 1.87. The first kappa shape index (κ1) is 11.1. The lowest BCUT2D eigenvalue weighted by Crippen LogP contribution is -2.25. The summed E-state index contributed by atoms with van der Waals surface area (Å²) in [6.07, 6.45) is 5.35. The van der Waals surface area contributed by atoms with Crippen LogP contribution >= 0.6 is 15.9 Å². The number of aromatic nitrogens is 2. The highest BCUT2D eigenvalue weighted by atomic mass is 79.9. The van der Waals surface area contributed by atoms with Gasteiger partial charge in [-0.1, -0.05) is 22.9 Å². The van der Waals surface area contributed by atoms with Gasteiger partial charge in [-0.25, -0.2) is 0 Å². The second-order valence-corrected chi connectivity index (χ2v) is 5.49. The smallest absolute Gasteiger partial charge is 0.0534 e. The lowest BCUT2D eigenvalue weighted by molar-refractivity contribution is 0.288. The number of likely N-dealkylation sites (tertiary alicyclic amines) is 1. The summed E-state index contributed by atoms with van der Waals surface area (Å²) in [6.45, 7) is 5.78. The average Bonchev–Trinajstić information content (AvgIpc) is 2.76. The molecular weight excluding hydrogens is 254 g/mol. The molecule has 0 amide bonds. The Labute approximate surface area is 99.6 Å². The van der Waals surface area contributed by atoms with E-state index >= 15 is 0 Å². The maximum Gasteiger partial charge on any atom is 0.0534 e. The van der Waals surface area contributed by atoms with E-state index in [1.54, 1.807) is 0 Å². The van der Waals surface area contributed by atoms with Crippen LogP contribution in [0.4, 0.5) is 0 Å². The molecule has 1 saturated heterocycles. The van der Waals surface area contributed by atoms with Crippen molar-refractivity contribution in [1.82, 2.24) is 14.7 Å². The number of alkyl halides is 1. The molecule has 1 unspecified atom stereocenters. The highest BCUT2D eigenvalue weighted by Crippen LogP contribution is 2.32. The van der Waals surface area contributed by atoms with E-state index in [4.69, 9.17) is 0 Å². The first-order valence-corrected chi connectivity index (χ1v) is 6.49. The summed E-state index contributed by atoms with van der Waals surface area (Å²) >= 11 is 3.61. The molecule has 1 fully saturated rings. The summed E-state index contributed by atoms with van der Waals surface area (Å²) in [5.74, 6) is 0. The van der Waals surface area contributed by atoms with Crippen molar-refractivity contribution < 1.29 is 0 Å². The maximum atomic E-state index is 4.20. The fourth-order valence-electron chi connectivity index (χ4n) is 2.18. The molecule has 0 radical (unpaired) electrons. The van der Waals surface area contributed by atoms with Gasteiger partial charge in [0.05, 0.1) is 6.20 Å². The van der Waals surface area contributed by atoms with Crippen molar-refractivity contribution in [1.29, 1.82) is 0 Å². The van der Waals surface area contributed by atoms with Gasteiger partial charge in [-0.2, -0.15) is 5.10 Å². The van der Waals surface area contributed by atoms with Gasteiger partial charge in [0.15, 0.2) is 0 Å². The molecule has 1 aliphatic rings. The Hall–Kier alpha value is -0.350. The Morgan fingerprint density at radius 2 is 2.40 bits per heavy atom. The molecule has 0 aromatic carbocycles. The van der Waals surface area contributed by atoms with Crippen molar-refractivity contribution in [3.8, 4) is 0 Å². The van der Waals surface area contributed by atoms with Gasteiger partial charge in [0.2, 0.25) is 0 Å². The van der Waals surface area contributed by atoms with E-state index in [9.17, 15) is 0 Å². The van der Waals surface area contributed by atoms with Crippen LogP contribution in [0.3, 0.4) is 0 Å². The normalized spacial score (nSPS) is 27.4. The Morgan fingerprint density at radius 1 is 1.60 bits per heavy atom. The number of hydrogen-bond acceptors (Lipinski definition) is 2. The van der Waals surface area contributed by atoms with Crippen LogP contribution in [0.5, 0.6) is 0 Å². The molecular formula is C11H18BrN3. The monoisotopic (exact) mass is 271 g/mol. The van der Waals surface area contributed by atoms with Crippen LogP contribution in [0.2, 0.25) is 0 Å². The van der Waals surface area contributed by atoms with Crippen molar-refractivity contribution >= 4 is 15.9 Å². The number of hydrogen-bond donors (Lipinski definition) is 0. The first-order chi connectivity index (χ1) is 7.11. The quantitative estimate of drug-likeness (QED) is 0.785. The Morgan fingerprint density at radius 3 is 2.93 bits per heavy atom. The molecule has 0 spiro atoms. The van der Waals surface area contributed by atoms with Crippen LogP contribution in [0.25, 0.3) is 0 Å². The molecule has 3 nitrogen and oxygen atoms in total. The van der Waals surface area contributed by atoms with Crippen LogP contribution in [0, 0.1) is 5.41 Å². The van der Waals surface area contributed by atoms with Gasteiger partial charge < -0.3 is 0 Å². The molecule has 15 heavy (non-hydrogen) atoms. The third-order valence-corrected chi connectivity index (χ3v) is 4.48. The maximum absolute atomic E-state index is 4.20. The fourth-order valence-corrected chi connectivity index (χ4v) is 2.64. The zero-order valence-electron chi connectivity index (χ0n) is 9.41. The topological polar surface area (TPSA) is 21.1 Å². The Kier molecular flexibility index (Phi) is 3.16. The fraction of sp³-hybridized carbons (Fsp3) is 0.727. The van der Waals surface area contributed by atoms with Crippen LogP contribution in [-0.4, -0.2) is 33.1 Å². The SMILES string of the molecule is Cn1cc(CN2CCC(C)(CBr)C2)cn1. The Balaban J connectivity index is 1.92. The first-order valence-electron chi connectivity index (χ1n) is 5.37. The molecule has 0 aliphatic carbocycles. The molecule has 4 heteroatoms. The zero-order valence-corrected chi connectivity index (χ0v) is 11.0. The largest absolute Gasteiger partial charge is 0.298 e. The molecule has 1 atom stereocenters. The highest BCUT2D eigenvalue weighted by Gasteiger charge is 2.32. The van der Waals surface area contributed by atoms with Gasteiger partial charge in [-0.15, -0.1) is 0 Å². The van der Waals surface area contributed by atoms with Gasteiger partial charge in [0, 0.05) is 37.2 Å². The van der Waals surface area contributed by atoms with E-state index in [2.05, 4.69) is 39.0 Å². The third-order valence-electron chi connectivity index (χ3n) is 3.12. The van der Waals surface area contributed by atoms with Crippen LogP contribution in [0.15, 0.2) is 12.4 Å². The predicted molar refractivity (Wildman–Crippen MR) is 65.0 cm³/mol. The molecule has 1 aromatic rings. The van der Waals surface area contributed by atoms with Gasteiger partial charge in [0.1, 0.15) is 0 Å². The van der Waals surface area contributed by atoms with Gasteiger partial charge in [-0.05, 0) is 18.4 Å². The van der Waals surface area contributed by atoms with E-state index < -0.39 is 0 Å². The summed E-state index contributed by atoms with van der Waals surface area (Å²) in [5.41, 5.74) is 1.78. The summed E-state index contributed by atoms with van der Waals surface area (Å²) in [4.78, 5) is 2.51. The number of halogens is 1. The third kappa shape index (κ3) is 2.61. The second-order valence-electron chi connectivity index (χ2n) is 4.93. The van der Waals surface area contributed by atoms with E-state index in [0.29, 0.717) is 5.41 Å². The molecule has 1 aliphatic heterocycles. The van der Waals surface area contributed by atoms with Crippen molar-refractivity contribution in [2.75, 3.05) is 18.4 Å². The minimum atomic E-state index is 0.461. The Bertz CT molecular complexity index is 336. The van der Waals surface area contributed by atoms with Crippen LogP contribution in [-0.2, 0) is 13.6 Å². The number of rotatable bonds is 3. The lowest BCUT2D eigenvalue weighted by Gasteiger charge is -2.21. The summed E-state index contributed by atoms with van der Waals surface area (Å²) in [6, 6.07) is 0. The molecule has 0 saturated carbocycles. The molecule has 84 valence electrons. The molecule has 2 heterocycles. The molecule has 1 aromatic heterocycles. The van der Waals surface area contributed by atoms with Gasteiger partial charge >= 0.3 is 0 Å². The number of aryl methyl sites for hydroxylation is 1.